The number of carbonyl (C=O) groups is 1. The van der Waals surface area contributed by atoms with Crippen LogP contribution in [0, 0.1) is 18.3 Å². The standard InChI is InChI=1S/C20H19NO3/c1-14-4-6-15(7-5-14)19(2)12-18(22)24-20(19,13-21)16-8-10-17(23-3)11-9-16/h4-11H,12H2,1-3H3/t19?,20-/m0/s1. The summed E-state index contributed by atoms with van der Waals surface area (Å²) in [6.07, 6.45) is 0.162. The molecule has 1 saturated heterocycles. The number of ether oxygens (including phenoxy) is 2. The fourth-order valence-corrected chi connectivity index (χ4v) is 3.37. The van der Waals surface area contributed by atoms with E-state index in [2.05, 4.69) is 6.07 Å². The first-order chi connectivity index (χ1) is 11.4. The van der Waals surface area contributed by atoms with Gasteiger partial charge in [0.2, 0.25) is 5.60 Å². The Kier molecular flexibility index (Phi) is 3.81. The number of methoxy groups -OCH3 is 1. The van der Waals surface area contributed by atoms with Crippen molar-refractivity contribution in [1.82, 2.24) is 0 Å². The summed E-state index contributed by atoms with van der Waals surface area (Å²) >= 11 is 0. The van der Waals surface area contributed by atoms with Crippen LogP contribution in [-0.4, -0.2) is 13.1 Å². The molecule has 0 aliphatic carbocycles. The van der Waals surface area contributed by atoms with E-state index in [1.54, 1.807) is 31.4 Å². The van der Waals surface area contributed by atoms with Gasteiger partial charge in [-0.1, -0.05) is 42.0 Å². The summed E-state index contributed by atoms with van der Waals surface area (Å²) in [6.45, 7) is 3.92. The van der Waals surface area contributed by atoms with Crippen LogP contribution in [0.5, 0.6) is 5.75 Å². The maximum Gasteiger partial charge on any atom is 0.308 e. The molecule has 0 spiro atoms. The molecule has 4 heteroatoms. The minimum atomic E-state index is -1.36. The molecule has 24 heavy (non-hydrogen) atoms. The summed E-state index contributed by atoms with van der Waals surface area (Å²) < 4.78 is 10.8. The number of hydrogen-bond acceptors (Lipinski definition) is 4. The average Bonchev–Trinajstić information content (AvgIpc) is 2.87. The molecule has 0 N–H and O–H groups in total. The van der Waals surface area contributed by atoms with Crippen molar-refractivity contribution in [2.75, 3.05) is 7.11 Å². The van der Waals surface area contributed by atoms with E-state index in [1.165, 1.54) is 0 Å². The van der Waals surface area contributed by atoms with Crippen molar-refractivity contribution < 1.29 is 14.3 Å². The summed E-state index contributed by atoms with van der Waals surface area (Å²) in [4.78, 5) is 12.2. The van der Waals surface area contributed by atoms with Gasteiger partial charge in [-0.25, -0.2) is 0 Å². The summed E-state index contributed by atoms with van der Waals surface area (Å²) in [7, 11) is 1.58. The average molecular weight is 321 g/mol. The molecule has 1 unspecified atom stereocenters. The molecule has 2 aromatic rings. The van der Waals surface area contributed by atoms with Gasteiger partial charge in [-0.05, 0) is 31.5 Å². The van der Waals surface area contributed by atoms with Crippen LogP contribution in [0.15, 0.2) is 48.5 Å². The molecule has 0 bridgehead atoms. The van der Waals surface area contributed by atoms with E-state index in [-0.39, 0.29) is 12.4 Å². The third-order valence-electron chi connectivity index (χ3n) is 4.88. The van der Waals surface area contributed by atoms with E-state index in [4.69, 9.17) is 9.47 Å². The Morgan fingerprint density at radius 3 is 2.21 bits per heavy atom. The van der Waals surface area contributed by atoms with Crippen LogP contribution in [0.2, 0.25) is 0 Å². The van der Waals surface area contributed by atoms with Crippen LogP contribution in [0.25, 0.3) is 0 Å². The number of rotatable bonds is 3. The van der Waals surface area contributed by atoms with Crippen molar-refractivity contribution in [3.05, 3.63) is 65.2 Å². The van der Waals surface area contributed by atoms with Crippen LogP contribution in [0.3, 0.4) is 0 Å². The maximum absolute atomic E-state index is 12.2. The first kappa shape index (κ1) is 16.1. The molecule has 2 atom stereocenters. The predicted molar refractivity (Wildman–Crippen MR) is 89.5 cm³/mol. The highest BCUT2D eigenvalue weighted by molar-refractivity contribution is 5.77. The fraction of sp³-hybridized carbons (Fsp3) is 0.300. The molecule has 0 aromatic heterocycles. The number of carbonyl (C=O) groups excluding carboxylic acids is 1. The second-order valence-electron chi connectivity index (χ2n) is 6.37. The Balaban J connectivity index is 2.17. The van der Waals surface area contributed by atoms with Crippen LogP contribution in [0.4, 0.5) is 0 Å². The number of esters is 1. The molecule has 1 aliphatic rings. The largest absolute Gasteiger partial charge is 0.497 e. The van der Waals surface area contributed by atoms with Gasteiger partial charge in [0.05, 0.1) is 18.9 Å². The third-order valence-corrected chi connectivity index (χ3v) is 4.88. The molecule has 4 nitrogen and oxygen atoms in total. The molecule has 1 fully saturated rings. The van der Waals surface area contributed by atoms with Crippen LogP contribution >= 0.6 is 0 Å². The number of cyclic esters (lactones) is 1. The summed E-state index contributed by atoms with van der Waals surface area (Å²) in [5.74, 6) is 0.323. The number of aryl methyl sites for hydroxylation is 1. The zero-order chi connectivity index (χ0) is 17.4. The Morgan fingerprint density at radius 1 is 1.08 bits per heavy atom. The third kappa shape index (κ3) is 2.25. The van der Waals surface area contributed by atoms with Crippen molar-refractivity contribution in [3.8, 4) is 11.8 Å². The molecule has 3 rings (SSSR count). The number of nitrogens with zero attached hydrogens (tertiary/aromatic N) is 1. The van der Waals surface area contributed by atoms with Crippen molar-refractivity contribution in [1.29, 1.82) is 5.26 Å². The fourth-order valence-electron chi connectivity index (χ4n) is 3.37. The highest BCUT2D eigenvalue weighted by Crippen LogP contribution is 2.52. The molecule has 1 aliphatic heterocycles. The lowest BCUT2D eigenvalue weighted by atomic mass is 9.66. The minimum Gasteiger partial charge on any atom is -0.497 e. The van der Waals surface area contributed by atoms with E-state index in [1.807, 2.05) is 38.1 Å². The van der Waals surface area contributed by atoms with E-state index < -0.39 is 11.0 Å². The van der Waals surface area contributed by atoms with Gasteiger partial charge in [-0.3, -0.25) is 4.79 Å². The number of nitriles is 1. The van der Waals surface area contributed by atoms with Crippen molar-refractivity contribution in [3.63, 3.8) is 0 Å². The zero-order valence-corrected chi connectivity index (χ0v) is 14.0. The van der Waals surface area contributed by atoms with Crippen molar-refractivity contribution >= 4 is 5.97 Å². The molecule has 0 radical (unpaired) electrons. The van der Waals surface area contributed by atoms with Crippen molar-refractivity contribution in [2.45, 2.75) is 31.3 Å². The second-order valence-corrected chi connectivity index (χ2v) is 6.37. The number of benzene rings is 2. The maximum atomic E-state index is 12.2. The summed E-state index contributed by atoms with van der Waals surface area (Å²) in [5.41, 5.74) is 0.572. The highest BCUT2D eigenvalue weighted by Gasteiger charge is 2.60. The Morgan fingerprint density at radius 2 is 1.67 bits per heavy atom. The molecule has 0 saturated carbocycles. The predicted octanol–water partition coefficient (Wildman–Crippen LogP) is 3.63. The van der Waals surface area contributed by atoms with E-state index >= 15 is 0 Å². The van der Waals surface area contributed by atoms with Gasteiger partial charge in [0.25, 0.3) is 0 Å². The zero-order valence-electron chi connectivity index (χ0n) is 14.0. The SMILES string of the molecule is COc1ccc([C@]2(C#N)OC(=O)CC2(C)c2ccc(C)cc2)cc1. The Labute approximate surface area is 141 Å². The van der Waals surface area contributed by atoms with Gasteiger partial charge in [0.15, 0.2) is 0 Å². The summed E-state index contributed by atoms with van der Waals surface area (Å²) in [5, 5.41) is 10.0. The topological polar surface area (TPSA) is 59.3 Å². The molecule has 2 aromatic carbocycles. The quantitative estimate of drug-likeness (QED) is 0.810. The van der Waals surface area contributed by atoms with Crippen LogP contribution < -0.4 is 4.74 Å². The van der Waals surface area contributed by atoms with E-state index in [0.717, 1.165) is 11.1 Å². The molecule has 1 heterocycles. The van der Waals surface area contributed by atoms with E-state index in [0.29, 0.717) is 11.3 Å². The van der Waals surface area contributed by atoms with E-state index in [9.17, 15) is 10.1 Å². The van der Waals surface area contributed by atoms with Crippen molar-refractivity contribution in [2.24, 2.45) is 0 Å². The van der Waals surface area contributed by atoms with Crippen LogP contribution in [0.1, 0.15) is 30.0 Å². The molecular weight excluding hydrogens is 302 g/mol. The minimum absolute atomic E-state index is 0.162. The molecule has 0 amide bonds. The van der Waals surface area contributed by atoms with Gasteiger partial charge in [0.1, 0.15) is 11.8 Å². The van der Waals surface area contributed by atoms with Gasteiger partial charge in [-0.2, -0.15) is 5.26 Å². The van der Waals surface area contributed by atoms with Gasteiger partial charge in [-0.15, -0.1) is 0 Å². The normalized spacial score (nSPS) is 25.8. The second kappa shape index (κ2) is 5.68. The molecular formula is C20H19NO3. The first-order valence-corrected chi connectivity index (χ1v) is 7.80. The lowest BCUT2D eigenvalue weighted by Gasteiger charge is -2.36. The highest BCUT2D eigenvalue weighted by atomic mass is 16.6. The lowest BCUT2D eigenvalue weighted by Crippen LogP contribution is -2.42. The Hall–Kier alpha value is -2.80. The monoisotopic (exact) mass is 321 g/mol. The smallest absolute Gasteiger partial charge is 0.308 e. The van der Waals surface area contributed by atoms with Gasteiger partial charge >= 0.3 is 5.97 Å². The lowest BCUT2D eigenvalue weighted by molar-refractivity contribution is -0.146. The first-order valence-electron chi connectivity index (χ1n) is 7.80. The molecule has 122 valence electrons. The Bertz CT molecular complexity index is 804. The summed E-state index contributed by atoms with van der Waals surface area (Å²) in [6, 6.07) is 17.3. The number of hydrogen-bond donors (Lipinski definition) is 0. The van der Waals surface area contributed by atoms with Gasteiger partial charge < -0.3 is 9.47 Å². The van der Waals surface area contributed by atoms with Crippen LogP contribution in [-0.2, 0) is 20.5 Å². The van der Waals surface area contributed by atoms with Gasteiger partial charge in [0, 0.05) is 5.56 Å².